The van der Waals surface area contributed by atoms with E-state index in [1.807, 2.05) is 48.5 Å². The molecule has 0 atom stereocenters. The Morgan fingerprint density at radius 2 is 1.31 bits per heavy atom. The predicted molar refractivity (Wildman–Crippen MR) is 133 cm³/mol. The highest BCUT2D eigenvalue weighted by Gasteiger charge is 2.51. The van der Waals surface area contributed by atoms with Crippen molar-refractivity contribution in [3.63, 3.8) is 0 Å². The molecule has 0 amide bonds. The smallest absolute Gasteiger partial charge is 0.490 e. The van der Waals surface area contributed by atoms with Crippen LogP contribution in [0.25, 0.3) is 11.1 Å². The van der Waals surface area contributed by atoms with Crippen molar-refractivity contribution in [3.8, 4) is 22.6 Å². The van der Waals surface area contributed by atoms with Crippen LogP contribution in [0, 0.1) is 0 Å². The first-order chi connectivity index (χ1) is 16.8. The van der Waals surface area contributed by atoms with Crippen molar-refractivity contribution in [1.82, 2.24) is 0 Å². The van der Waals surface area contributed by atoms with E-state index < -0.39 is 26.7 Å². The van der Waals surface area contributed by atoms with E-state index in [9.17, 15) is 14.4 Å². The molecular weight excluding hydrogens is 468 g/mol. The number of hydrogen-bond acceptors (Lipinski definition) is 8. The second-order valence-electron chi connectivity index (χ2n) is 7.97. The third-order valence-electron chi connectivity index (χ3n) is 4.84. The summed E-state index contributed by atoms with van der Waals surface area (Å²) >= 11 is 0. The highest BCUT2D eigenvalue weighted by Crippen LogP contribution is 2.38. The van der Waals surface area contributed by atoms with Gasteiger partial charge in [-0.25, -0.2) is 0 Å². The Kier molecular flexibility index (Phi) is 11.3. The van der Waals surface area contributed by atoms with E-state index in [0.717, 1.165) is 30.4 Å². The Balaban J connectivity index is 2.21. The van der Waals surface area contributed by atoms with Gasteiger partial charge in [0, 0.05) is 26.3 Å². The molecule has 190 valence electrons. The zero-order chi connectivity index (χ0) is 25.7. The van der Waals surface area contributed by atoms with Crippen LogP contribution in [0.3, 0.4) is 0 Å². The van der Waals surface area contributed by atoms with Crippen LogP contribution >= 0.6 is 0 Å². The molecule has 35 heavy (non-hydrogen) atoms. The van der Waals surface area contributed by atoms with Gasteiger partial charge in [-0.15, -0.1) is 0 Å². The van der Waals surface area contributed by atoms with Crippen molar-refractivity contribution in [2.24, 2.45) is 0 Å². The number of unbranched alkanes of at least 4 members (excludes halogenated alkanes) is 2. The van der Waals surface area contributed by atoms with E-state index in [1.165, 1.54) is 20.8 Å². The average molecular weight is 503 g/mol. The third-order valence-corrected chi connectivity index (χ3v) is 7.60. The maximum atomic E-state index is 11.7. The van der Waals surface area contributed by atoms with E-state index in [1.54, 1.807) is 0 Å². The maximum absolute atomic E-state index is 11.7. The van der Waals surface area contributed by atoms with Gasteiger partial charge in [0.25, 0.3) is 17.9 Å². The first kappa shape index (κ1) is 27.9. The molecule has 8 nitrogen and oxygen atoms in total. The lowest BCUT2D eigenvalue weighted by Crippen LogP contribution is -2.49. The summed E-state index contributed by atoms with van der Waals surface area (Å²) in [4.78, 5) is 35.0. The average Bonchev–Trinajstić information content (AvgIpc) is 2.79. The van der Waals surface area contributed by atoms with Crippen molar-refractivity contribution >= 4 is 26.7 Å². The van der Waals surface area contributed by atoms with E-state index in [-0.39, 0.29) is 12.7 Å². The van der Waals surface area contributed by atoms with Gasteiger partial charge in [0.15, 0.2) is 11.5 Å². The van der Waals surface area contributed by atoms with Gasteiger partial charge in [-0.3, -0.25) is 14.4 Å². The lowest BCUT2D eigenvalue weighted by Gasteiger charge is -2.26. The first-order valence-corrected chi connectivity index (χ1v) is 13.7. The van der Waals surface area contributed by atoms with Gasteiger partial charge in [-0.05, 0) is 24.5 Å². The van der Waals surface area contributed by atoms with Crippen LogP contribution in [-0.4, -0.2) is 39.9 Å². The molecule has 0 heterocycles. The molecule has 0 N–H and O–H groups in total. The van der Waals surface area contributed by atoms with Crippen LogP contribution in [0.4, 0.5) is 0 Å². The minimum atomic E-state index is -3.90. The molecule has 0 saturated carbocycles. The van der Waals surface area contributed by atoms with Gasteiger partial charge in [-0.1, -0.05) is 62.2 Å². The fourth-order valence-corrected chi connectivity index (χ4v) is 5.82. The van der Waals surface area contributed by atoms with Gasteiger partial charge >= 0.3 is 8.80 Å². The van der Waals surface area contributed by atoms with Gasteiger partial charge in [0.05, 0.1) is 19.3 Å². The number of hydrogen-bond donors (Lipinski definition) is 0. The Bertz CT molecular complexity index is 936. The van der Waals surface area contributed by atoms with E-state index in [0.29, 0.717) is 24.5 Å². The minimum Gasteiger partial charge on any atom is -0.490 e. The van der Waals surface area contributed by atoms with Crippen molar-refractivity contribution in [1.29, 1.82) is 0 Å². The molecule has 0 spiro atoms. The van der Waals surface area contributed by atoms with Gasteiger partial charge in [0.2, 0.25) is 0 Å². The summed E-state index contributed by atoms with van der Waals surface area (Å²) < 4.78 is 27.9. The fraction of sp³-hybridized carbons (Fsp3) is 0.423. The molecule has 0 aliphatic heterocycles. The summed E-state index contributed by atoms with van der Waals surface area (Å²) in [7, 11) is -3.90. The number of ether oxygens (including phenoxy) is 2. The highest BCUT2D eigenvalue weighted by molar-refractivity contribution is 6.65. The molecule has 2 aromatic carbocycles. The van der Waals surface area contributed by atoms with E-state index in [2.05, 4.69) is 6.92 Å². The molecule has 0 bridgehead atoms. The molecule has 2 aromatic rings. The predicted octanol–water partition coefficient (Wildman–Crippen LogP) is 5.32. The van der Waals surface area contributed by atoms with Crippen LogP contribution < -0.4 is 9.47 Å². The van der Waals surface area contributed by atoms with E-state index in [4.69, 9.17) is 22.8 Å². The maximum Gasteiger partial charge on any atom is 0.705 e. The summed E-state index contributed by atoms with van der Waals surface area (Å²) in [6.45, 7) is 6.41. The fourth-order valence-electron chi connectivity index (χ4n) is 3.49. The van der Waals surface area contributed by atoms with Crippen molar-refractivity contribution < 1.29 is 37.1 Å². The van der Waals surface area contributed by atoms with E-state index >= 15 is 0 Å². The summed E-state index contributed by atoms with van der Waals surface area (Å²) in [5.74, 6) is -0.868. The van der Waals surface area contributed by atoms with Gasteiger partial charge in [0.1, 0.15) is 0 Å². The van der Waals surface area contributed by atoms with Gasteiger partial charge in [-0.2, -0.15) is 0 Å². The molecule has 0 aromatic heterocycles. The molecular formula is C26H34O8Si. The molecule has 9 heteroatoms. The zero-order valence-corrected chi connectivity index (χ0v) is 21.8. The topological polar surface area (TPSA) is 97.4 Å². The van der Waals surface area contributed by atoms with Crippen LogP contribution in [0.5, 0.6) is 11.5 Å². The Morgan fingerprint density at radius 1 is 0.714 bits per heavy atom. The normalized spacial score (nSPS) is 10.9. The first-order valence-electron chi connectivity index (χ1n) is 11.8. The van der Waals surface area contributed by atoms with Crippen molar-refractivity contribution in [3.05, 3.63) is 48.5 Å². The number of para-hydroxylation sites is 1. The molecule has 0 aliphatic carbocycles. The standard InChI is InChI=1S/C26H34O8Si/c1-5-6-10-17-30-25-16-11-15-24(23-13-8-7-9-14-23)26(25)31-18-12-19-35(32-20(2)27,33-21(3)28)34-22(4)29/h7-9,11,13-16H,5-6,10,12,17-19H2,1-4H3. The molecule has 0 aliphatic rings. The summed E-state index contributed by atoms with van der Waals surface area (Å²) in [5.41, 5.74) is 1.85. The van der Waals surface area contributed by atoms with Crippen molar-refractivity contribution in [2.45, 2.75) is 59.4 Å². The zero-order valence-electron chi connectivity index (χ0n) is 20.8. The lowest BCUT2D eigenvalue weighted by molar-refractivity contribution is -0.147. The largest absolute Gasteiger partial charge is 0.705 e. The molecule has 2 rings (SSSR count). The number of carbonyl (C=O) groups is 3. The second kappa shape index (κ2) is 14.2. The third kappa shape index (κ3) is 9.44. The minimum absolute atomic E-state index is 0.0337. The molecule has 0 radical (unpaired) electrons. The number of rotatable bonds is 14. The Labute approximate surface area is 207 Å². The number of benzene rings is 2. The second-order valence-corrected chi connectivity index (χ2v) is 10.4. The Hall–Kier alpha value is -3.33. The quantitative estimate of drug-likeness (QED) is 0.253. The molecule has 0 saturated heterocycles. The highest BCUT2D eigenvalue weighted by atomic mass is 28.4. The monoisotopic (exact) mass is 502 g/mol. The lowest BCUT2D eigenvalue weighted by atomic mass is 10.0. The summed E-state index contributed by atoms with van der Waals surface area (Å²) in [6.07, 6.45) is 3.41. The Morgan fingerprint density at radius 3 is 1.89 bits per heavy atom. The van der Waals surface area contributed by atoms with Crippen LogP contribution in [0.2, 0.25) is 6.04 Å². The van der Waals surface area contributed by atoms with Crippen LogP contribution in [0.15, 0.2) is 48.5 Å². The molecule has 0 fully saturated rings. The van der Waals surface area contributed by atoms with Crippen LogP contribution in [0.1, 0.15) is 53.4 Å². The van der Waals surface area contributed by atoms with Crippen molar-refractivity contribution in [2.75, 3.05) is 13.2 Å². The number of carbonyl (C=O) groups excluding carboxylic acids is 3. The molecule has 0 unspecified atom stereocenters. The van der Waals surface area contributed by atoms with Gasteiger partial charge < -0.3 is 22.8 Å². The SMILES string of the molecule is CCCCCOc1cccc(-c2ccccc2)c1OCCC[Si](OC(C)=O)(OC(C)=O)OC(C)=O. The summed E-state index contributed by atoms with van der Waals surface area (Å²) in [6, 6.07) is 15.6. The summed E-state index contributed by atoms with van der Waals surface area (Å²) in [5, 5.41) is 0. The van der Waals surface area contributed by atoms with Crippen LogP contribution in [-0.2, 0) is 27.7 Å².